The molecule has 0 aromatic heterocycles. The first-order valence-corrected chi connectivity index (χ1v) is 10.2. The minimum atomic E-state index is -0.358. The van der Waals surface area contributed by atoms with Gasteiger partial charge in [0.25, 0.3) is 0 Å². The third-order valence-electron chi connectivity index (χ3n) is 5.14. The summed E-state index contributed by atoms with van der Waals surface area (Å²) in [6.07, 6.45) is 0. The first-order valence-electron chi connectivity index (χ1n) is 10.2. The molecule has 29 heavy (non-hydrogen) atoms. The van der Waals surface area contributed by atoms with Crippen molar-refractivity contribution in [2.75, 3.05) is 43.0 Å². The average molecular weight is 396 g/mol. The van der Waals surface area contributed by atoms with Gasteiger partial charge in [0.1, 0.15) is 0 Å². The van der Waals surface area contributed by atoms with Gasteiger partial charge < -0.3 is 19.9 Å². The highest BCUT2D eigenvalue weighted by Crippen LogP contribution is 2.21. The summed E-state index contributed by atoms with van der Waals surface area (Å²) < 4.78 is 4.97. The predicted molar refractivity (Wildman–Crippen MR) is 116 cm³/mol. The van der Waals surface area contributed by atoms with Crippen LogP contribution in [0.5, 0.6) is 0 Å². The Morgan fingerprint density at radius 2 is 1.59 bits per heavy atom. The van der Waals surface area contributed by atoms with Crippen LogP contribution in [-0.4, -0.2) is 49.7 Å². The summed E-state index contributed by atoms with van der Waals surface area (Å²) in [5.74, 6) is 0.166. The van der Waals surface area contributed by atoms with Crippen molar-refractivity contribution < 1.29 is 14.3 Å². The molecule has 0 bridgehead atoms. The number of rotatable bonds is 5. The van der Waals surface area contributed by atoms with E-state index in [9.17, 15) is 9.59 Å². The van der Waals surface area contributed by atoms with Gasteiger partial charge in [-0.05, 0) is 54.8 Å². The Labute approximate surface area is 172 Å². The molecule has 1 heterocycles. The summed E-state index contributed by atoms with van der Waals surface area (Å²) in [5.41, 5.74) is 3.67. The van der Waals surface area contributed by atoms with Crippen LogP contribution in [0.2, 0.25) is 0 Å². The summed E-state index contributed by atoms with van der Waals surface area (Å²) in [6, 6.07) is 15.3. The number of benzene rings is 2. The molecule has 2 aromatic carbocycles. The van der Waals surface area contributed by atoms with Crippen molar-refractivity contribution >= 4 is 23.4 Å². The van der Waals surface area contributed by atoms with E-state index in [0.717, 1.165) is 13.1 Å². The molecule has 0 unspecified atom stereocenters. The SMILES string of the molecule is CCOC(=O)c1ccc(NC(=O)N2CCN(c3ccc(C(C)C)cc3)CC2)cc1. The van der Waals surface area contributed by atoms with Gasteiger partial charge >= 0.3 is 12.0 Å². The van der Waals surface area contributed by atoms with E-state index < -0.39 is 0 Å². The molecule has 1 aliphatic rings. The molecule has 2 amide bonds. The number of esters is 1. The highest BCUT2D eigenvalue weighted by atomic mass is 16.5. The molecular weight excluding hydrogens is 366 g/mol. The molecule has 3 rings (SSSR count). The number of carbonyl (C=O) groups excluding carboxylic acids is 2. The van der Waals surface area contributed by atoms with Crippen LogP contribution < -0.4 is 10.2 Å². The summed E-state index contributed by atoms with van der Waals surface area (Å²) >= 11 is 0. The van der Waals surface area contributed by atoms with Crippen LogP contribution >= 0.6 is 0 Å². The van der Waals surface area contributed by atoms with Gasteiger partial charge in [0.05, 0.1) is 12.2 Å². The molecule has 0 radical (unpaired) electrons. The van der Waals surface area contributed by atoms with Crippen LogP contribution in [0.4, 0.5) is 16.2 Å². The van der Waals surface area contributed by atoms with Crippen molar-refractivity contribution in [2.45, 2.75) is 26.7 Å². The number of hydrogen-bond acceptors (Lipinski definition) is 4. The van der Waals surface area contributed by atoms with E-state index in [2.05, 4.69) is 48.3 Å². The highest BCUT2D eigenvalue weighted by molar-refractivity contribution is 5.92. The number of ether oxygens (including phenoxy) is 1. The third-order valence-corrected chi connectivity index (χ3v) is 5.14. The van der Waals surface area contributed by atoms with Crippen LogP contribution in [0, 0.1) is 0 Å². The predicted octanol–water partition coefficient (Wildman–Crippen LogP) is 4.34. The Hall–Kier alpha value is -3.02. The summed E-state index contributed by atoms with van der Waals surface area (Å²) in [5, 5.41) is 2.90. The van der Waals surface area contributed by atoms with Crippen molar-refractivity contribution in [3.8, 4) is 0 Å². The quantitative estimate of drug-likeness (QED) is 0.765. The van der Waals surface area contributed by atoms with Gasteiger partial charge in [0, 0.05) is 37.6 Å². The molecule has 0 saturated carbocycles. The Kier molecular flexibility index (Phi) is 6.75. The fourth-order valence-corrected chi connectivity index (χ4v) is 3.34. The lowest BCUT2D eigenvalue weighted by molar-refractivity contribution is 0.0526. The maximum Gasteiger partial charge on any atom is 0.338 e. The molecule has 6 heteroatoms. The van der Waals surface area contributed by atoms with E-state index in [4.69, 9.17) is 4.74 Å². The lowest BCUT2D eigenvalue weighted by Crippen LogP contribution is -2.50. The topological polar surface area (TPSA) is 61.9 Å². The highest BCUT2D eigenvalue weighted by Gasteiger charge is 2.21. The van der Waals surface area contributed by atoms with E-state index in [-0.39, 0.29) is 12.0 Å². The van der Waals surface area contributed by atoms with Gasteiger partial charge in [0.2, 0.25) is 0 Å². The molecule has 1 aliphatic heterocycles. The van der Waals surface area contributed by atoms with Gasteiger partial charge in [-0.3, -0.25) is 0 Å². The largest absolute Gasteiger partial charge is 0.462 e. The number of anilines is 2. The Bertz CT molecular complexity index is 823. The van der Waals surface area contributed by atoms with Crippen LogP contribution in [0.15, 0.2) is 48.5 Å². The van der Waals surface area contributed by atoms with Crippen molar-refractivity contribution in [1.82, 2.24) is 4.90 Å². The van der Waals surface area contributed by atoms with Crippen LogP contribution in [0.3, 0.4) is 0 Å². The van der Waals surface area contributed by atoms with Gasteiger partial charge in [0.15, 0.2) is 0 Å². The van der Waals surface area contributed by atoms with Crippen LogP contribution in [-0.2, 0) is 4.74 Å². The van der Waals surface area contributed by atoms with Gasteiger partial charge in [-0.25, -0.2) is 9.59 Å². The number of amides is 2. The van der Waals surface area contributed by atoms with Crippen molar-refractivity contribution in [3.63, 3.8) is 0 Å². The molecule has 1 saturated heterocycles. The maximum atomic E-state index is 12.6. The molecule has 1 N–H and O–H groups in total. The maximum absolute atomic E-state index is 12.6. The zero-order valence-electron chi connectivity index (χ0n) is 17.4. The number of piperazine rings is 1. The molecule has 6 nitrogen and oxygen atoms in total. The van der Waals surface area contributed by atoms with E-state index in [1.165, 1.54) is 11.3 Å². The molecule has 1 fully saturated rings. The van der Waals surface area contributed by atoms with E-state index in [1.54, 1.807) is 31.2 Å². The number of hydrogen-bond donors (Lipinski definition) is 1. The van der Waals surface area contributed by atoms with Gasteiger partial charge in [-0.1, -0.05) is 26.0 Å². The Morgan fingerprint density at radius 3 is 2.14 bits per heavy atom. The Morgan fingerprint density at radius 1 is 0.966 bits per heavy atom. The fraction of sp³-hybridized carbons (Fsp3) is 0.391. The second-order valence-corrected chi connectivity index (χ2v) is 7.45. The van der Waals surface area contributed by atoms with Crippen LogP contribution in [0.25, 0.3) is 0 Å². The summed E-state index contributed by atoms with van der Waals surface area (Å²) in [4.78, 5) is 28.4. The van der Waals surface area contributed by atoms with Gasteiger partial charge in [-0.2, -0.15) is 0 Å². The third kappa shape index (κ3) is 5.28. The number of nitrogens with zero attached hydrogens (tertiary/aromatic N) is 2. The normalized spacial score (nSPS) is 14.1. The fourth-order valence-electron chi connectivity index (χ4n) is 3.34. The first kappa shape index (κ1) is 20.7. The van der Waals surface area contributed by atoms with E-state index in [0.29, 0.717) is 36.9 Å². The first-order chi connectivity index (χ1) is 14.0. The molecule has 0 aliphatic carbocycles. The van der Waals surface area contributed by atoms with Gasteiger partial charge in [-0.15, -0.1) is 0 Å². The van der Waals surface area contributed by atoms with Crippen molar-refractivity contribution in [3.05, 3.63) is 59.7 Å². The van der Waals surface area contributed by atoms with E-state index in [1.807, 2.05) is 4.90 Å². The number of carbonyl (C=O) groups is 2. The Balaban J connectivity index is 1.51. The van der Waals surface area contributed by atoms with Crippen molar-refractivity contribution in [2.24, 2.45) is 0 Å². The monoisotopic (exact) mass is 395 g/mol. The lowest BCUT2D eigenvalue weighted by Gasteiger charge is -2.36. The number of nitrogens with one attached hydrogen (secondary N) is 1. The lowest BCUT2D eigenvalue weighted by atomic mass is 10.0. The van der Waals surface area contributed by atoms with Crippen molar-refractivity contribution in [1.29, 1.82) is 0 Å². The number of urea groups is 1. The minimum Gasteiger partial charge on any atom is -0.462 e. The zero-order chi connectivity index (χ0) is 20.8. The molecular formula is C23H29N3O3. The second kappa shape index (κ2) is 9.45. The summed E-state index contributed by atoms with van der Waals surface area (Å²) in [7, 11) is 0. The smallest absolute Gasteiger partial charge is 0.338 e. The standard InChI is InChI=1S/C23H29N3O3/c1-4-29-22(27)19-5-9-20(10-6-19)24-23(28)26-15-13-25(14-16-26)21-11-7-18(8-12-21)17(2)3/h5-12,17H,4,13-16H2,1-3H3,(H,24,28). The van der Waals surface area contributed by atoms with Crippen LogP contribution in [0.1, 0.15) is 42.6 Å². The molecule has 0 atom stereocenters. The molecule has 154 valence electrons. The summed E-state index contributed by atoms with van der Waals surface area (Å²) in [6.45, 7) is 9.43. The average Bonchev–Trinajstić information content (AvgIpc) is 2.74. The second-order valence-electron chi connectivity index (χ2n) is 7.45. The molecule has 2 aromatic rings. The minimum absolute atomic E-state index is 0.122. The molecule has 0 spiro atoms. The van der Waals surface area contributed by atoms with E-state index >= 15 is 0 Å². The zero-order valence-corrected chi connectivity index (χ0v) is 17.4.